The summed E-state index contributed by atoms with van der Waals surface area (Å²) in [6.07, 6.45) is 0. The fraction of sp³-hybridized carbons (Fsp3) is 0.250. The first-order valence-electron chi connectivity index (χ1n) is 6.77. The van der Waals surface area contributed by atoms with E-state index < -0.39 is 5.91 Å². The first kappa shape index (κ1) is 14.8. The molecule has 0 radical (unpaired) electrons. The third-order valence-electron chi connectivity index (χ3n) is 3.45. The van der Waals surface area contributed by atoms with E-state index in [1.165, 1.54) is 4.90 Å². The summed E-state index contributed by atoms with van der Waals surface area (Å²) in [5.74, 6) is -0.705. The summed E-state index contributed by atoms with van der Waals surface area (Å²) in [5, 5.41) is 14.2. The number of carbonyl (C=O) groups excluding carboxylic acids is 2. The molecule has 2 amide bonds. The summed E-state index contributed by atoms with van der Waals surface area (Å²) in [4.78, 5) is 25.3. The van der Waals surface area contributed by atoms with Gasteiger partial charge in [0, 0.05) is 19.0 Å². The molecule has 2 aromatic carbocycles. The van der Waals surface area contributed by atoms with Crippen LogP contribution in [0.2, 0.25) is 0 Å². The van der Waals surface area contributed by atoms with Gasteiger partial charge in [-0.25, -0.2) is 0 Å². The van der Waals surface area contributed by atoms with Crippen molar-refractivity contribution in [1.29, 1.82) is 0 Å². The Morgan fingerprint density at radius 3 is 2.62 bits per heavy atom. The topological polar surface area (TPSA) is 69.6 Å². The number of likely N-dealkylation sites (N-methyl/N-ethyl adjacent to an activating group) is 1. The summed E-state index contributed by atoms with van der Waals surface area (Å²) < 4.78 is 0. The van der Waals surface area contributed by atoms with Crippen molar-refractivity contribution in [3.63, 3.8) is 0 Å². The van der Waals surface area contributed by atoms with E-state index >= 15 is 0 Å². The Morgan fingerprint density at radius 2 is 1.90 bits per heavy atom. The van der Waals surface area contributed by atoms with Crippen LogP contribution in [-0.4, -0.2) is 42.0 Å². The highest BCUT2D eigenvalue weighted by atomic mass is 16.3. The number of phenols is 1. The van der Waals surface area contributed by atoms with Crippen LogP contribution < -0.4 is 5.32 Å². The van der Waals surface area contributed by atoms with Gasteiger partial charge in [0.15, 0.2) is 0 Å². The molecule has 2 aromatic rings. The Bertz CT molecular complexity index is 682. The quantitative estimate of drug-likeness (QED) is 0.899. The van der Waals surface area contributed by atoms with E-state index in [9.17, 15) is 14.7 Å². The van der Waals surface area contributed by atoms with Crippen molar-refractivity contribution in [2.45, 2.75) is 6.92 Å². The molecule has 0 aromatic heterocycles. The minimum Gasteiger partial charge on any atom is -0.506 e. The molecule has 0 saturated carbocycles. The average Bonchev–Trinajstić information content (AvgIpc) is 2.52. The smallest absolute Gasteiger partial charge is 0.255 e. The third kappa shape index (κ3) is 3.13. The number of amides is 2. The Labute approximate surface area is 123 Å². The molecule has 0 heterocycles. The lowest BCUT2D eigenvalue weighted by atomic mass is 10.0. The van der Waals surface area contributed by atoms with E-state index in [2.05, 4.69) is 5.32 Å². The lowest BCUT2D eigenvalue weighted by Gasteiger charge is -2.15. The van der Waals surface area contributed by atoms with E-state index in [1.54, 1.807) is 31.3 Å². The van der Waals surface area contributed by atoms with Gasteiger partial charge in [0.1, 0.15) is 5.75 Å². The molecular formula is C16H18N2O3. The van der Waals surface area contributed by atoms with Crippen molar-refractivity contribution in [3.05, 3.63) is 42.0 Å². The maximum atomic E-state index is 12.1. The van der Waals surface area contributed by atoms with Gasteiger partial charge in [-0.3, -0.25) is 9.59 Å². The minimum absolute atomic E-state index is 0.0677. The molecule has 0 aliphatic rings. The Hall–Kier alpha value is -2.56. The van der Waals surface area contributed by atoms with Crippen LogP contribution in [0.5, 0.6) is 5.75 Å². The normalized spacial score (nSPS) is 10.4. The Morgan fingerprint density at radius 1 is 1.19 bits per heavy atom. The molecule has 0 saturated heterocycles. The monoisotopic (exact) mass is 286 g/mol. The highest BCUT2D eigenvalue weighted by Gasteiger charge is 2.15. The largest absolute Gasteiger partial charge is 0.506 e. The summed E-state index contributed by atoms with van der Waals surface area (Å²) in [6.45, 7) is 2.35. The maximum Gasteiger partial charge on any atom is 0.255 e. The van der Waals surface area contributed by atoms with Crippen LogP contribution in [0, 0.1) is 0 Å². The summed E-state index contributed by atoms with van der Waals surface area (Å²) in [6, 6.07) is 10.6. The molecule has 0 unspecified atom stereocenters. The molecular weight excluding hydrogens is 268 g/mol. The van der Waals surface area contributed by atoms with Gasteiger partial charge >= 0.3 is 0 Å². The average molecular weight is 286 g/mol. The zero-order valence-electron chi connectivity index (χ0n) is 12.1. The predicted octanol–water partition coefficient (Wildman–Crippen LogP) is 1.75. The number of carbonyl (C=O) groups is 2. The van der Waals surface area contributed by atoms with Gasteiger partial charge in [-0.2, -0.15) is 0 Å². The summed E-state index contributed by atoms with van der Waals surface area (Å²) in [5.41, 5.74) is 0.167. The van der Waals surface area contributed by atoms with Crippen molar-refractivity contribution in [3.8, 4) is 5.75 Å². The van der Waals surface area contributed by atoms with E-state index in [-0.39, 0.29) is 23.8 Å². The number of aromatic hydroxyl groups is 1. The first-order valence-corrected chi connectivity index (χ1v) is 6.77. The van der Waals surface area contributed by atoms with Crippen molar-refractivity contribution in [2.24, 2.45) is 0 Å². The van der Waals surface area contributed by atoms with Crippen molar-refractivity contribution in [1.82, 2.24) is 10.2 Å². The summed E-state index contributed by atoms with van der Waals surface area (Å²) >= 11 is 0. The van der Waals surface area contributed by atoms with Gasteiger partial charge < -0.3 is 15.3 Å². The Balaban J connectivity index is 2.16. The second kappa shape index (κ2) is 6.26. The van der Waals surface area contributed by atoms with Crippen molar-refractivity contribution >= 4 is 22.6 Å². The van der Waals surface area contributed by atoms with Gasteiger partial charge in [0.25, 0.3) is 5.91 Å². The number of hydrogen-bond donors (Lipinski definition) is 2. The molecule has 2 N–H and O–H groups in total. The van der Waals surface area contributed by atoms with E-state index in [1.807, 2.05) is 19.1 Å². The van der Waals surface area contributed by atoms with Crippen LogP contribution in [0.1, 0.15) is 17.3 Å². The third-order valence-corrected chi connectivity index (χ3v) is 3.45. The van der Waals surface area contributed by atoms with Crippen LogP contribution in [0.3, 0.4) is 0 Å². The van der Waals surface area contributed by atoms with E-state index in [4.69, 9.17) is 0 Å². The van der Waals surface area contributed by atoms with E-state index in [0.717, 1.165) is 5.39 Å². The van der Waals surface area contributed by atoms with Gasteiger partial charge in [0.2, 0.25) is 5.91 Å². The highest BCUT2D eigenvalue weighted by Crippen LogP contribution is 2.28. The van der Waals surface area contributed by atoms with Gasteiger partial charge in [-0.15, -0.1) is 0 Å². The molecule has 0 aliphatic heterocycles. The molecule has 110 valence electrons. The van der Waals surface area contributed by atoms with Crippen LogP contribution >= 0.6 is 0 Å². The zero-order chi connectivity index (χ0) is 15.4. The van der Waals surface area contributed by atoms with Crippen LogP contribution in [0.4, 0.5) is 0 Å². The second-order valence-corrected chi connectivity index (χ2v) is 4.77. The van der Waals surface area contributed by atoms with Crippen molar-refractivity contribution < 1.29 is 14.7 Å². The minimum atomic E-state index is -0.462. The number of benzene rings is 2. The molecule has 0 fully saturated rings. The van der Waals surface area contributed by atoms with Crippen molar-refractivity contribution in [2.75, 3.05) is 20.1 Å². The fourth-order valence-electron chi connectivity index (χ4n) is 2.00. The standard InChI is InChI=1S/C16H18N2O3/c1-3-18(2)14(19)10-17-16(21)13-9-8-11-6-4-5-7-12(11)15(13)20/h4-9,20H,3,10H2,1-2H3,(H,17,21). The zero-order valence-corrected chi connectivity index (χ0v) is 12.1. The molecule has 0 spiro atoms. The molecule has 5 heteroatoms. The predicted molar refractivity (Wildman–Crippen MR) is 81.3 cm³/mol. The maximum absolute atomic E-state index is 12.1. The molecule has 0 aliphatic carbocycles. The molecule has 2 rings (SSSR count). The summed E-state index contributed by atoms with van der Waals surface area (Å²) in [7, 11) is 1.67. The second-order valence-electron chi connectivity index (χ2n) is 4.77. The number of phenolic OH excluding ortho intramolecular Hbond substituents is 1. The lowest BCUT2D eigenvalue weighted by molar-refractivity contribution is -0.128. The lowest BCUT2D eigenvalue weighted by Crippen LogP contribution is -2.38. The first-order chi connectivity index (χ1) is 10.0. The SMILES string of the molecule is CCN(C)C(=O)CNC(=O)c1ccc2ccccc2c1O. The van der Waals surface area contributed by atoms with Gasteiger partial charge in [0.05, 0.1) is 12.1 Å². The van der Waals surface area contributed by atoms with Crippen LogP contribution in [0.25, 0.3) is 10.8 Å². The van der Waals surface area contributed by atoms with Crippen LogP contribution in [0.15, 0.2) is 36.4 Å². The highest BCUT2D eigenvalue weighted by molar-refractivity contribution is 6.04. The van der Waals surface area contributed by atoms with Gasteiger partial charge in [-0.1, -0.05) is 30.3 Å². The molecule has 21 heavy (non-hydrogen) atoms. The number of nitrogens with zero attached hydrogens (tertiary/aromatic N) is 1. The number of nitrogens with one attached hydrogen (secondary N) is 1. The van der Waals surface area contributed by atoms with E-state index in [0.29, 0.717) is 11.9 Å². The molecule has 0 atom stereocenters. The molecule has 5 nitrogen and oxygen atoms in total. The van der Waals surface area contributed by atoms with Gasteiger partial charge in [-0.05, 0) is 18.4 Å². The molecule has 0 bridgehead atoms. The number of rotatable bonds is 4. The fourth-order valence-corrected chi connectivity index (χ4v) is 2.00. The number of hydrogen-bond acceptors (Lipinski definition) is 3. The number of fused-ring (bicyclic) bond motifs is 1. The van der Waals surface area contributed by atoms with Crippen LogP contribution in [-0.2, 0) is 4.79 Å². The Kier molecular flexibility index (Phi) is 4.42.